The van der Waals surface area contributed by atoms with E-state index in [1.807, 2.05) is 30.3 Å². The third-order valence-corrected chi connectivity index (χ3v) is 3.63. The zero-order valence-corrected chi connectivity index (χ0v) is 10.2. The van der Waals surface area contributed by atoms with Crippen LogP contribution in [-0.2, 0) is 13.0 Å². The van der Waals surface area contributed by atoms with E-state index in [1.54, 1.807) is 4.68 Å². The second-order valence-electron chi connectivity index (χ2n) is 4.44. The number of hydrogen-bond donors (Lipinski definition) is 1. The monoisotopic (exact) mass is 259 g/mol. The summed E-state index contributed by atoms with van der Waals surface area (Å²) in [5, 5.41) is 12.4. The van der Waals surface area contributed by atoms with Gasteiger partial charge in [-0.15, -0.1) is 0 Å². The molecule has 1 atom stereocenters. The van der Waals surface area contributed by atoms with Crippen LogP contribution in [0.1, 0.15) is 22.7 Å². The van der Waals surface area contributed by atoms with Crippen LogP contribution in [0.2, 0.25) is 5.02 Å². The van der Waals surface area contributed by atoms with E-state index in [-0.39, 0.29) is 11.1 Å². The third-order valence-electron chi connectivity index (χ3n) is 3.37. The largest absolute Gasteiger partial charge is 0.287 e. The number of benzene rings is 1. The Morgan fingerprint density at radius 2 is 2.11 bits per heavy atom. The summed E-state index contributed by atoms with van der Waals surface area (Å²) in [4.78, 5) is 11.5. The van der Waals surface area contributed by atoms with Gasteiger partial charge in [0.05, 0.1) is 5.69 Å². The van der Waals surface area contributed by atoms with Crippen molar-refractivity contribution in [1.82, 2.24) is 9.78 Å². The highest BCUT2D eigenvalue weighted by atomic mass is 35.5. The van der Waals surface area contributed by atoms with Crippen molar-refractivity contribution in [3.05, 3.63) is 56.5 Å². The van der Waals surface area contributed by atoms with E-state index in [0.29, 0.717) is 23.9 Å². The van der Waals surface area contributed by atoms with Crippen LogP contribution in [-0.4, -0.2) is 9.78 Å². The lowest BCUT2D eigenvalue weighted by Gasteiger charge is -2.08. The fourth-order valence-electron chi connectivity index (χ4n) is 2.47. The molecule has 2 aromatic rings. The number of nitriles is 1. The number of aromatic amines is 1. The lowest BCUT2D eigenvalue weighted by atomic mass is 9.96. The maximum absolute atomic E-state index is 11.5. The Balaban J connectivity index is 1.94. The SMILES string of the molecule is N#Cc1c2n([nH]c1=O)CC(c1ccc(Cl)cc1)C2. The first-order chi connectivity index (χ1) is 8.69. The molecule has 1 unspecified atom stereocenters. The molecule has 3 rings (SSSR count). The van der Waals surface area contributed by atoms with Crippen LogP contribution >= 0.6 is 11.6 Å². The molecule has 5 heteroatoms. The highest BCUT2D eigenvalue weighted by molar-refractivity contribution is 6.30. The van der Waals surface area contributed by atoms with E-state index in [2.05, 4.69) is 5.10 Å². The summed E-state index contributed by atoms with van der Waals surface area (Å²) in [6.07, 6.45) is 0.712. The summed E-state index contributed by atoms with van der Waals surface area (Å²) in [6.45, 7) is 0.702. The highest BCUT2D eigenvalue weighted by Gasteiger charge is 2.27. The molecule has 90 valence electrons. The number of aromatic nitrogens is 2. The lowest BCUT2D eigenvalue weighted by Crippen LogP contribution is -2.10. The molecular formula is C13H10ClN3O. The zero-order valence-electron chi connectivity index (χ0n) is 9.48. The molecule has 2 heterocycles. The van der Waals surface area contributed by atoms with E-state index < -0.39 is 0 Å². The van der Waals surface area contributed by atoms with Crippen molar-refractivity contribution in [2.24, 2.45) is 0 Å². The number of hydrogen-bond acceptors (Lipinski definition) is 2. The number of nitrogens with zero attached hydrogens (tertiary/aromatic N) is 2. The summed E-state index contributed by atoms with van der Waals surface area (Å²) in [5.74, 6) is 0.293. The molecule has 0 radical (unpaired) electrons. The highest BCUT2D eigenvalue weighted by Crippen LogP contribution is 2.30. The number of nitrogens with one attached hydrogen (secondary N) is 1. The average molecular weight is 260 g/mol. The smallest absolute Gasteiger partial charge is 0.282 e. The molecule has 1 N–H and O–H groups in total. The fourth-order valence-corrected chi connectivity index (χ4v) is 2.60. The minimum Gasteiger partial charge on any atom is -0.287 e. The molecule has 1 aliphatic heterocycles. The lowest BCUT2D eigenvalue weighted by molar-refractivity contribution is 0.592. The van der Waals surface area contributed by atoms with Gasteiger partial charge in [-0.05, 0) is 24.1 Å². The Hall–Kier alpha value is -1.99. The van der Waals surface area contributed by atoms with Crippen molar-refractivity contribution in [3.63, 3.8) is 0 Å². The van der Waals surface area contributed by atoms with E-state index >= 15 is 0 Å². The fraction of sp³-hybridized carbons (Fsp3) is 0.231. The van der Waals surface area contributed by atoms with Gasteiger partial charge in [0.1, 0.15) is 11.6 Å². The van der Waals surface area contributed by atoms with Gasteiger partial charge in [0.2, 0.25) is 0 Å². The minimum atomic E-state index is -0.290. The molecule has 0 amide bonds. The Morgan fingerprint density at radius 1 is 1.39 bits per heavy atom. The number of fused-ring (bicyclic) bond motifs is 1. The molecule has 1 aromatic carbocycles. The predicted molar refractivity (Wildman–Crippen MR) is 67.7 cm³/mol. The molecule has 0 bridgehead atoms. The van der Waals surface area contributed by atoms with Crippen molar-refractivity contribution in [3.8, 4) is 6.07 Å². The molecular weight excluding hydrogens is 250 g/mol. The van der Waals surface area contributed by atoms with Crippen LogP contribution in [0.15, 0.2) is 29.1 Å². The van der Waals surface area contributed by atoms with E-state index in [1.165, 1.54) is 5.56 Å². The van der Waals surface area contributed by atoms with Gasteiger partial charge < -0.3 is 0 Å². The Morgan fingerprint density at radius 3 is 2.78 bits per heavy atom. The van der Waals surface area contributed by atoms with Crippen LogP contribution < -0.4 is 5.56 Å². The number of H-pyrrole nitrogens is 1. The average Bonchev–Trinajstić information content (AvgIpc) is 2.86. The molecule has 18 heavy (non-hydrogen) atoms. The van der Waals surface area contributed by atoms with Crippen molar-refractivity contribution in [2.75, 3.05) is 0 Å². The molecule has 0 saturated heterocycles. The summed E-state index contributed by atoms with van der Waals surface area (Å²) in [5.41, 5.74) is 1.93. The molecule has 0 aliphatic carbocycles. The first-order valence-corrected chi connectivity index (χ1v) is 6.04. The third kappa shape index (κ3) is 1.64. The standard InChI is InChI=1S/C13H10ClN3O/c14-10-3-1-8(2-4-10)9-5-12-11(6-15)13(18)16-17(12)7-9/h1-4,9H,5,7H2,(H,16,18). The summed E-state index contributed by atoms with van der Waals surface area (Å²) >= 11 is 5.86. The van der Waals surface area contributed by atoms with Crippen molar-refractivity contribution < 1.29 is 0 Å². The maximum atomic E-state index is 11.5. The van der Waals surface area contributed by atoms with Crippen LogP contribution in [0.3, 0.4) is 0 Å². The second kappa shape index (κ2) is 4.04. The quantitative estimate of drug-likeness (QED) is 0.852. The summed E-state index contributed by atoms with van der Waals surface area (Å²) in [6, 6.07) is 9.67. The van der Waals surface area contributed by atoms with Gasteiger partial charge >= 0.3 is 0 Å². The molecule has 0 saturated carbocycles. The van der Waals surface area contributed by atoms with Crippen molar-refractivity contribution >= 4 is 11.6 Å². The van der Waals surface area contributed by atoms with Gasteiger partial charge in [-0.1, -0.05) is 23.7 Å². The van der Waals surface area contributed by atoms with Crippen LogP contribution in [0.25, 0.3) is 0 Å². The Labute approximate surface area is 108 Å². The molecule has 0 fully saturated rings. The van der Waals surface area contributed by atoms with Crippen LogP contribution in [0.4, 0.5) is 0 Å². The molecule has 1 aromatic heterocycles. The van der Waals surface area contributed by atoms with Crippen LogP contribution in [0.5, 0.6) is 0 Å². The maximum Gasteiger partial charge on any atom is 0.282 e. The zero-order chi connectivity index (χ0) is 12.7. The Kier molecular flexibility index (Phi) is 2.49. The number of halogens is 1. The minimum absolute atomic E-state index is 0.242. The predicted octanol–water partition coefficient (Wildman–Crippen LogP) is 2.04. The van der Waals surface area contributed by atoms with Gasteiger partial charge in [0.25, 0.3) is 5.56 Å². The van der Waals surface area contributed by atoms with Crippen molar-refractivity contribution in [2.45, 2.75) is 18.9 Å². The topological polar surface area (TPSA) is 61.6 Å². The van der Waals surface area contributed by atoms with Gasteiger partial charge in [-0.2, -0.15) is 5.26 Å². The van der Waals surface area contributed by atoms with Gasteiger partial charge in [-0.25, -0.2) is 0 Å². The van der Waals surface area contributed by atoms with E-state index in [9.17, 15) is 4.79 Å². The first kappa shape index (κ1) is 11.1. The molecule has 4 nitrogen and oxygen atoms in total. The summed E-state index contributed by atoms with van der Waals surface area (Å²) < 4.78 is 1.78. The normalized spacial score (nSPS) is 17.4. The Bertz CT molecular complexity index is 691. The molecule has 0 spiro atoms. The van der Waals surface area contributed by atoms with Gasteiger partial charge in [0, 0.05) is 17.5 Å². The first-order valence-electron chi connectivity index (χ1n) is 5.66. The van der Waals surface area contributed by atoms with Crippen LogP contribution in [0, 0.1) is 11.3 Å². The van der Waals surface area contributed by atoms with Gasteiger partial charge in [-0.3, -0.25) is 14.6 Å². The van der Waals surface area contributed by atoms with Crippen molar-refractivity contribution in [1.29, 1.82) is 5.26 Å². The molecule has 1 aliphatic rings. The number of rotatable bonds is 1. The van der Waals surface area contributed by atoms with E-state index in [0.717, 1.165) is 5.69 Å². The second-order valence-corrected chi connectivity index (χ2v) is 4.87. The van der Waals surface area contributed by atoms with Gasteiger partial charge in [0.15, 0.2) is 0 Å². The summed E-state index contributed by atoms with van der Waals surface area (Å²) in [7, 11) is 0. The van der Waals surface area contributed by atoms with E-state index in [4.69, 9.17) is 16.9 Å².